The highest BCUT2D eigenvalue weighted by Gasteiger charge is 2.34. The van der Waals surface area contributed by atoms with Gasteiger partial charge in [-0.05, 0) is 73.0 Å². The van der Waals surface area contributed by atoms with Crippen LogP contribution in [-0.4, -0.2) is 38.1 Å². The predicted molar refractivity (Wildman–Crippen MR) is 128 cm³/mol. The standard InChI is InChI=1S/C25H29F3N4O2S/c1-29-14-20-13-19-7-6-17(8-9-31-35(33,34)24-15-32(2)16-30-24)11-22(19)23(20)12-18-4-3-5-21(10-18)25(26,27)28/h3-7,10-11,15-16,20,23,29,31H,8-9,12-14H2,1-2H3. The lowest BCUT2D eigenvalue weighted by atomic mass is 9.85. The summed E-state index contributed by atoms with van der Waals surface area (Å²) in [5.74, 6) is 0.341. The molecule has 188 valence electrons. The van der Waals surface area contributed by atoms with Crippen LogP contribution >= 0.6 is 0 Å². The molecule has 1 aliphatic rings. The summed E-state index contributed by atoms with van der Waals surface area (Å²) in [5.41, 5.74) is 3.33. The molecule has 0 saturated heterocycles. The molecule has 0 aliphatic heterocycles. The molecule has 35 heavy (non-hydrogen) atoms. The molecule has 2 atom stereocenters. The summed E-state index contributed by atoms with van der Waals surface area (Å²) < 4.78 is 68.6. The highest BCUT2D eigenvalue weighted by molar-refractivity contribution is 7.89. The second-order valence-electron chi connectivity index (χ2n) is 9.09. The Kier molecular flexibility index (Phi) is 7.35. The van der Waals surface area contributed by atoms with Crippen molar-refractivity contribution in [3.8, 4) is 0 Å². The minimum absolute atomic E-state index is 0.0231. The van der Waals surface area contributed by atoms with Crippen LogP contribution in [0.2, 0.25) is 0 Å². The summed E-state index contributed by atoms with van der Waals surface area (Å²) in [6.07, 6.45) is 0.362. The lowest BCUT2D eigenvalue weighted by molar-refractivity contribution is -0.137. The molecule has 3 aromatic rings. The van der Waals surface area contributed by atoms with Crippen molar-refractivity contribution >= 4 is 10.0 Å². The molecule has 2 aromatic carbocycles. The zero-order valence-electron chi connectivity index (χ0n) is 19.6. The van der Waals surface area contributed by atoms with Crippen molar-refractivity contribution in [2.45, 2.75) is 36.4 Å². The van der Waals surface area contributed by atoms with E-state index in [0.717, 1.165) is 30.2 Å². The Bertz CT molecular complexity index is 1290. The van der Waals surface area contributed by atoms with Gasteiger partial charge >= 0.3 is 6.18 Å². The van der Waals surface area contributed by atoms with E-state index in [1.807, 2.05) is 13.1 Å². The molecule has 1 aliphatic carbocycles. The van der Waals surface area contributed by atoms with E-state index in [1.54, 1.807) is 17.7 Å². The Labute approximate surface area is 203 Å². The minimum Gasteiger partial charge on any atom is -0.339 e. The average molecular weight is 507 g/mol. The van der Waals surface area contributed by atoms with Crippen LogP contribution in [-0.2, 0) is 42.5 Å². The van der Waals surface area contributed by atoms with Gasteiger partial charge in [-0.15, -0.1) is 0 Å². The van der Waals surface area contributed by atoms with E-state index in [4.69, 9.17) is 0 Å². The first-order valence-electron chi connectivity index (χ1n) is 11.5. The van der Waals surface area contributed by atoms with Crippen molar-refractivity contribution in [2.75, 3.05) is 20.1 Å². The van der Waals surface area contributed by atoms with E-state index in [1.165, 1.54) is 30.2 Å². The van der Waals surface area contributed by atoms with Gasteiger partial charge in [-0.1, -0.05) is 36.4 Å². The Hall–Kier alpha value is -2.69. The van der Waals surface area contributed by atoms with Crippen molar-refractivity contribution in [1.29, 1.82) is 0 Å². The van der Waals surface area contributed by atoms with Gasteiger partial charge in [0.2, 0.25) is 0 Å². The van der Waals surface area contributed by atoms with Crippen molar-refractivity contribution in [1.82, 2.24) is 19.6 Å². The Morgan fingerprint density at radius 2 is 1.94 bits per heavy atom. The van der Waals surface area contributed by atoms with Gasteiger partial charge in [-0.2, -0.15) is 13.2 Å². The fourth-order valence-corrected chi connectivity index (χ4v) is 5.83. The monoisotopic (exact) mass is 506 g/mol. The van der Waals surface area contributed by atoms with Gasteiger partial charge in [0.25, 0.3) is 10.0 Å². The number of rotatable bonds is 9. The third kappa shape index (κ3) is 5.94. The summed E-state index contributed by atoms with van der Waals surface area (Å²) in [6.45, 7) is 0.980. The van der Waals surface area contributed by atoms with E-state index in [9.17, 15) is 21.6 Å². The highest BCUT2D eigenvalue weighted by Crippen LogP contribution is 2.41. The van der Waals surface area contributed by atoms with Crippen molar-refractivity contribution in [3.63, 3.8) is 0 Å². The first-order chi connectivity index (χ1) is 16.6. The molecule has 0 spiro atoms. The molecular formula is C25H29F3N4O2S. The molecule has 4 rings (SSSR count). The number of aromatic nitrogens is 2. The molecular weight excluding hydrogens is 477 g/mol. The number of imidazole rings is 1. The number of alkyl halides is 3. The molecule has 0 amide bonds. The number of sulfonamides is 1. The van der Waals surface area contributed by atoms with E-state index < -0.39 is 21.8 Å². The Balaban J connectivity index is 1.50. The number of hydrogen-bond donors (Lipinski definition) is 2. The Morgan fingerprint density at radius 3 is 2.63 bits per heavy atom. The normalized spacial score (nSPS) is 18.1. The quantitative estimate of drug-likeness (QED) is 0.464. The number of nitrogens with zero attached hydrogens (tertiary/aromatic N) is 2. The number of halogens is 3. The first-order valence-corrected chi connectivity index (χ1v) is 12.9. The van der Waals surface area contributed by atoms with Crippen molar-refractivity contribution < 1.29 is 21.6 Å². The molecule has 0 bridgehead atoms. The van der Waals surface area contributed by atoms with Crippen LogP contribution < -0.4 is 10.0 Å². The lowest BCUT2D eigenvalue weighted by Gasteiger charge is -2.21. The minimum atomic E-state index is -4.37. The maximum absolute atomic E-state index is 13.2. The number of hydrogen-bond acceptors (Lipinski definition) is 4. The molecule has 1 aromatic heterocycles. The molecule has 2 unspecified atom stereocenters. The molecule has 1 heterocycles. The van der Waals surface area contributed by atoms with Gasteiger partial charge in [0.1, 0.15) is 0 Å². The van der Waals surface area contributed by atoms with E-state index in [0.29, 0.717) is 18.4 Å². The van der Waals surface area contributed by atoms with E-state index in [-0.39, 0.29) is 23.4 Å². The second kappa shape index (κ2) is 10.1. The summed E-state index contributed by atoms with van der Waals surface area (Å²) >= 11 is 0. The Morgan fingerprint density at radius 1 is 1.14 bits per heavy atom. The summed E-state index contributed by atoms with van der Waals surface area (Å²) in [4.78, 5) is 3.89. The number of nitrogens with one attached hydrogen (secondary N) is 2. The maximum Gasteiger partial charge on any atom is 0.416 e. The molecule has 6 nitrogen and oxygen atoms in total. The predicted octanol–water partition coefficient (Wildman–Crippen LogP) is 3.68. The molecule has 0 saturated carbocycles. The molecule has 0 radical (unpaired) electrons. The van der Waals surface area contributed by atoms with Crippen LogP contribution in [0, 0.1) is 5.92 Å². The van der Waals surface area contributed by atoms with Crippen molar-refractivity contribution in [3.05, 3.63) is 82.8 Å². The van der Waals surface area contributed by atoms with Gasteiger partial charge in [0.05, 0.1) is 11.9 Å². The zero-order valence-corrected chi connectivity index (χ0v) is 20.5. The van der Waals surface area contributed by atoms with Crippen LogP contribution in [0.25, 0.3) is 0 Å². The number of aryl methyl sites for hydroxylation is 1. The topological polar surface area (TPSA) is 76.0 Å². The molecule has 2 N–H and O–H groups in total. The summed E-state index contributed by atoms with van der Waals surface area (Å²) in [6, 6.07) is 11.7. The molecule has 0 fully saturated rings. The zero-order chi connectivity index (χ0) is 25.2. The van der Waals surface area contributed by atoms with Crippen LogP contribution in [0.5, 0.6) is 0 Å². The van der Waals surface area contributed by atoms with E-state index >= 15 is 0 Å². The summed E-state index contributed by atoms with van der Waals surface area (Å²) in [7, 11) is -0.106. The van der Waals surface area contributed by atoms with Crippen LogP contribution in [0.3, 0.4) is 0 Å². The highest BCUT2D eigenvalue weighted by atomic mass is 32.2. The van der Waals surface area contributed by atoms with Crippen molar-refractivity contribution in [2.24, 2.45) is 13.0 Å². The summed E-state index contributed by atoms with van der Waals surface area (Å²) in [5, 5.41) is 3.19. The number of benzene rings is 2. The fourth-order valence-electron chi connectivity index (χ4n) is 4.82. The fraction of sp³-hybridized carbons (Fsp3) is 0.400. The first kappa shape index (κ1) is 25.4. The molecule has 10 heteroatoms. The third-order valence-corrected chi connectivity index (χ3v) is 7.85. The van der Waals surface area contributed by atoms with Crippen LogP contribution in [0.1, 0.15) is 33.7 Å². The SMILES string of the molecule is CNCC1Cc2ccc(CCNS(=O)(=O)c3cn(C)cn3)cc2C1Cc1cccc(C(F)(F)F)c1. The van der Waals surface area contributed by atoms with E-state index in [2.05, 4.69) is 27.2 Å². The van der Waals surface area contributed by atoms with Crippen LogP contribution in [0.4, 0.5) is 13.2 Å². The average Bonchev–Trinajstić information content (AvgIpc) is 3.38. The van der Waals surface area contributed by atoms with Gasteiger partial charge in [-0.3, -0.25) is 0 Å². The van der Waals surface area contributed by atoms with Crippen LogP contribution in [0.15, 0.2) is 60.0 Å². The van der Waals surface area contributed by atoms with Gasteiger partial charge in [-0.25, -0.2) is 18.1 Å². The number of fused-ring (bicyclic) bond motifs is 1. The smallest absolute Gasteiger partial charge is 0.339 e. The maximum atomic E-state index is 13.2. The van der Waals surface area contributed by atoms with Gasteiger partial charge < -0.3 is 9.88 Å². The van der Waals surface area contributed by atoms with Gasteiger partial charge in [0.15, 0.2) is 5.03 Å². The second-order valence-corrected chi connectivity index (χ2v) is 10.8. The third-order valence-electron chi connectivity index (χ3n) is 6.50. The lowest BCUT2D eigenvalue weighted by Crippen LogP contribution is -2.26. The largest absolute Gasteiger partial charge is 0.416 e. The van der Waals surface area contributed by atoms with Gasteiger partial charge in [0, 0.05) is 19.8 Å².